The molecule has 3 aliphatic carbocycles. The number of fused-ring (bicyclic) bond motifs is 9. The highest BCUT2D eigenvalue weighted by Crippen LogP contribution is 2.45. The molecule has 3 aromatic rings. The van der Waals surface area contributed by atoms with Gasteiger partial charge >= 0.3 is 7.82 Å². The fraction of sp³-hybridized carbons (Fsp3) is 0.700. The molecule has 3 saturated carbocycles. The molecule has 0 radical (unpaired) electrons. The maximum atomic E-state index is 11.5. The highest BCUT2D eigenvalue weighted by Gasteiger charge is 2.46. The third-order valence-electron chi connectivity index (χ3n) is 19.3. The van der Waals surface area contributed by atoms with Crippen LogP contribution in [0, 0.1) is 35.5 Å². The molecule has 74 heavy (non-hydrogen) atoms. The van der Waals surface area contributed by atoms with Gasteiger partial charge in [0, 0.05) is 19.6 Å². The van der Waals surface area contributed by atoms with Crippen LogP contribution >= 0.6 is 7.82 Å². The molecule has 13 nitrogen and oxygen atoms in total. The number of piperidine rings is 9. The highest BCUT2D eigenvalue weighted by atomic mass is 31.2. The monoisotopic (exact) mass is 1040 g/mol. The summed E-state index contributed by atoms with van der Waals surface area (Å²) in [5.41, 5.74) is 0.659. The van der Waals surface area contributed by atoms with Crippen molar-refractivity contribution in [1.29, 1.82) is 0 Å². The summed E-state index contributed by atoms with van der Waals surface area (Å²) in [5.74, 6) is 3.11. The minimum atomic E-state index is -4.64. The summed E-state index contributed by atoms with van der Waals surface area (Å²) >= 11 is 0. The number of benzene rings is 3. The Morgan fingerprint density at radius 3 is 0.797 bits per heavy atom. The van der Waals surface area contributed by atoms with Crippen LogP contribution in [-0.2, 0) is 35.6 Å². The van der Waals surface area contributed by atoms with Crippen molar-refractivity contribution in [3.8, 4) is 0 Å². The second-order valence-corrected chi connectivity index (χ2v) is 24.8. The fourth-order valence-electron chi connectivity index (χ4n) is 14.7. The largest absolute Gasteiger partial charge is 0.466 e. The maximum Gasteiger partial charge on any atom is 0.466 e. The van der Waals surface area contributed by atoms with Gasteiger partial charge in [-0.2, -0.15) is 0 Å². The van der Waals surface area contributed by atoms with Gasteiger partial charge in [-0.05, 0) is 169 Å². The molecule has 410 valence electrons. The van der Waals surface area contributed by atoms with E-state index >= 15 is 0 Å². The Labute approximate surface area is 442 Å². The summed E-state index contributed by atoms with van der Waals surface area (Å²) in [5, 5.41) is 34.6. The van der Waals surface area contributed by atoms with Crippen molar-refractivity contribution in [2.75, 3.05) is 78.7 Å². The van der Waals surface area contributed by atoms with Crippen LogP contribution < -0.4 is 0 Å². The Hall–Kier alpha value is -2.59. The zero-order valence-corrected chi connectivity index (χ0v) is 45.1. The molecule has 6 bridgehead atoms. The quantitative estimate of drug-likeness (QED) is 0.0800. The number of rotatable bonds is 15. The van der Waals surface area contributed by atoms with Gasteiger partial charge in [-0.25, -0.2) is 4.57 Å². The molecule has 15 rings (SSSR count). The molecule has 12 fully saturated rings. The molecule has 0 amide bonds. The molecular weight excluding hydrogens is 954 g/mol. The molecule has 14 heteroatoms. The van der Waals surface area contributed by atoms with E-state index in [4.69, 9.17) is 33.5 Å². The lowest BCUT2D eigenvalue weighted by atomic mass is 9.80. The minimum Gasteiger partial charge on any atom is -0.382 e. The Bertz CT molecular complexity index is 1920. The Morgan fingerprint density at radius 2 is 0.608 bits per heavy atom. The summed E-state index contributed by atoms with van der Waals surface area (Å²) in [6, 6.07) is 30.7. The normalized spacial score (nSPS) is 32.2. The zero-order valence-electron chi connectivity index (χ0n) is 44.2. The lowest BCUT2D eigenvalue weighted by molar-refractivity contribution is -0.143. The van der Waals surface area contributed by atoms with Crippen molar-refractivity contribution in [2.24, 2.45) is 35.5 Å². The first-order chi connectivity index (χ1) is 35.8. The standard InChI is InChI=1S/3C20H29NO2.H3O4P/c3*22-20(18-8-4-5-9-18,17-6-2-1-3-7-17)15-23-19-14-21-12-10-16(19)11-13-21;1-5(2,3)4/h3*1-3,6-7,16,18-19,22H,4-5,8-15H2;(H3,1,2,3,4). The van der Waals surface area contributed by atoms with E-state index in [0.717, 1.165) is 74.8 Å². The highest BCUT2D eigenvalue weighted by molar-refractivity contribution is 7.45. The van der Waals surface area contributed by atoms with Crippen molar-refractivity contribution in [2.45, 2.75) is 151 Å². The molecule has 9 saturated heterocycles. The molecule has 0 aromatic heterocycles. The van der Waals surface area contributed by atoms with Crippen LogP contribution in [0.15, 0.2) is 91.0 Å². The van der Waals surface area contributed by atoms with E-state index in [1.165, 1.54) is 116 Å². The Morgan fingerprint density at radius 1 is 0.392 bits per heavy atom. The summed E-state index contributed by atoms with van der Waals surface area (Å²) < 4.78 is 28.0. The third kappa shape index (κ3) is 14.4. The predicted octanol–water partition coefficient (Wildman–Crippen LogP) is 8.60. The van der Waals surface area contributed by atoms with Gasteiger partial charge in [0.1, 0.15) is 16.8 Å². The first-order valence-electron chi connectivity index (χ1n) is 28.9. The number of nitrogens with zero attached hydrogens (tertiary/aromatic N) is 3. The van der Waals surface area contributed by atoms with E-state index in [1.54, 1.807) is 0 Å². The van der Waals surface area contributed by atoms with E-state index in [1.807, 2.05) is 54.6 Å². The van der Waals surface area contributed by atoms with Gasteiger partial charge in [-0.15, -0.1) is 0 Å². The van der Waals surface area contributed by atoms with E-state index in [2.05, 4.69) is 51.1 Å². The van der Waals surface area contributed by atoms with Crippen molar-refractivity contribution >= 4 is 7.82 Å². The second-order valence-electron chi connectivity index (χ2n) is 23.8. The Kier molecular flexibility index (Phi) is 19.7. The Balaban J connectivity index is 0.000000130. The molecule has 6 N–H and O–H groups in total. The first-order valence-corrected chi connectivity index (χ1v) is 30.5. The van der Waals surface area contributed by atoms with E-state index in [0.29, 0.717) is 73.6 Å². The van der Waals surface area contributed by atoms with E-state index in [-0.39, 0.29) is 0 Å². The average molecular weight is 1040 g/mol. The van der Waals surface area contributed by atoms with E-state index < -0.39 is 24.6 Å². The topological polar surface area (TPSA) is 176 Å². The van der Waals surface area contributed by atoms with Crippen LogP contribution in [-0.4, -0.2) is 142 Å². The van der Waals surface area contributed by atoms with Crippen LogP contribution in [0.5, 0.6) is 0 Å². The van der Waals surface area contributed by atoms with Gasteiger partial charge < -0.3 is 58.9 Å². The predicted molar refractivity (Wildman–Crippen MR) is 288 cm³/mol. The molecule has 0 spiro atoms. The fourth-order valence-corrected chi connectivity index (χ4v) is 14.7. The van der Waals surface area contributed by atoms with Crippen molar-refractivity contribution in [1.82, 2.24) is 14.7 Å². The van der Waals surface area contributed by atoms with Gasteiger partial charge in [0.15, 0.2) is 0 Å². The van der Waals surface area contributed by atoms with Gasteiger partial charge in [-0.3, -0.25) is 0 Å². The van der Waals surface area contributed by atoms with Crippen LogP contribution in [0.25, 0.3) is 0 Å². The molecule has 6 atom stereocenters. The SMILES string of the molecule is O=P(O)(O)O.OC(COC1CN2CCC1CC2)(c1ccccc1)C1CCCC1.OC(COC1CN2CCC1CC2)(c1ccccc1)C1CCCC1.OC(COC1CN2CCC1CC2)(c1ccccc1)C1CCCC1. The smallest absolute Gasteiger partial charge is 0.382 e. The van der Waals surface area contributed by atoms with E-state index in [9.17, 15) is 15.3 Å². The number of aliphatic hydroxyl groups is 3. The number of hydrogen-bond donors (Lipinski definition) is 6. The van der Waals surface area contributed by atoms with Crippen molar-refractivity contribution in [3.63, 3.8) is 0 Å². The summed E-state index contributed by atoms with van der Waals surface area (Å²) in [7, 11) is -4.64. The van der Waals surface area contributed by atoms with Gasteiger partial charge in [-0.1, -0.05) is 130 Å². The third-order valence-corrected chi connectivity index (χ3v) is 19.3. The summed E-state index contributed by atoms with van der Waals surface area (Å²) in [6.07, 6.45) is 22.6. The molecular formula is C60H90N3O10P. The second kappa shape index (κ2) is 25.9. The van der Waals surface area contributed by atoms with Crippen LogP contribution in [0.4, 0.5) is 0 Å². The van der Waals surface area contributed by atoms with Crippen molar-refractivity contribution in [3.05, 3.63) is 108 Å². The number of hydrogen-bond acceptors (Lipinski definition) is 10. The number of phosphoric acid groups is 1. The first kappa shape index (κ1) is 56.1. The van der Waals surface area contributed by atoms with Crippen LogP contribution in [0.1, 0.15) is 132 Å². The molecule has 3 aromatic carbocycles. The molecule has 12 aliphatic rings. The lowest BCUT2D eigenvalue weighted by Gasteiger charge is -2.46. The molecule has 6 unspecified atom stereocenters. The zero-order chi connectivity index (χ0) is 51.6. The lowest BCUT2D eigenvalue weighted by Crippen LogP contribution is -2.53. The van der Waals surface area contributed by atoms with Crippen LogP contribution in [0.3, 0.4) is 0 Å². The van der Waals surface area contributed by atoms with Crippen LogP contribution in [0.2, 0.25) is 0 Å². The average Bonchev–Trinajstić information content (AvgIpc) is 4.30. The molecule has 9 aliphatic heterocycles. The van der Waals surface area contributed by atoms with Gasteiger partial charge in [0.2, 0.25) is 0 Å². The van der Waals surface area contributed by atoms with Crippen molar-refractivity contribution < 1.29 is 48.8 Å². The molecule has 9 heterocycles. The summed E-state index contributed by atoms with van der Waals surface area (Å²) in [4.78, 5) is 29.1. The maximum absolute atomic E-state index is 11.5. The number of ether oxygens (including phenoxy) is 3. The minimum absolute atomic E-state index is 0.314. The van der Waals surface area contributed by atoms with Gasteiger partial charge in [0.25, 0.3) is 0 Å². The van der Waals surface area contributed by atoms with Gasteiger partial charge in [0.05, 0.1) is 38.1 Å². The summed E-state index contributed by atoms with van der Waals surface area (Å²) in [6.45, 7) is 11.9.